The maximum absolute atomic E-state index is 5.24. The van der Waals surface area contributed by atoms with Crippen molar-refractivity contribution in [2.45, 2.75) is 19.3 Å². The van der Waals surface area contributed by atoms with E-state index in [0.29, 0.717) is 17.5 Å². The fraction of sp³-hybridized carbons (Fsp3) is 0.0500. The molecule has 0 aliphatic heterocycles. The molecule has 0 unspecified atom stereocenters. The standard InChI is InChI=1S/C60H41N5/c1-60(2)51-27-15-12-24-45(51)49-32-33-50-48-31-30-40(37-54(48)65(56(50)55(49)60)43-22-10-5-11-23-43)41-34-42(36-44(35-41)64-52-28-16-13-25-46(52)47-26-14-17-29-53(47)64)59-62-57(38-18-6-3-7-19-38)61-58(63-59)39-20-8-4-9-21-39/h3-37H,1-2H3. The first-order valence-electron chi connectivity index (χ1n) is 22.3. The van der Waals surface area contributed by atoms with Gasteiger partial charge in [-0.25, -0.2) is 15.0 Å². The third kappa shape index (κ3) is 5.75. The van der Waals surface area contributed by atoms with Crippen LogP contribution in [0.15, 0.2) is 212 Å². The Balaban J connectivity index is 1.10. The number of para-hydroxylation sites is 3. The molecule has 0 atom stereocenters. The van der Waals surface area contributed by atoms with E-state index in [1.165, 1.54) is 49.3 Å². The first-order chi connectivity index (χ1) is 32.0. The summed E-state index contributed by atoms with van der Waals surface area (Å²) in [6, 6.07) is 76.0. The number of nitrogens with zero attached hydrogens (tertiary/aromatic N) is 5. The molecule has 3 aromatic heterocycles. The fourth-order valence-corrected chi connectivity index (χ4v) is 10.6. The van der Waals surface area contributed by atoms with Crippen LogP contribution in [-0.4, -0.2) is 24.1 Å². The van der Waals surface area contributed by atoms with E-state index in [4.69, 9.17) is 15.0 Å². The van der Waals surface area contributed by atoms with Crippen molar-refractivity contribution < 1.29 is 0 Å². The van der Waals surface area contributed by atoms with Crippen LogP contribution in [0.5, 0.6) is 0 Å². The van der Waals surface area contributed by atoms with Gasteiger partial charge in [0, 0.05) is 55.0 Å². The molecular weight excluding hydrogens is 791 g/mol. The van der Waals surface area contributed by atoms with E-state index >= 15 is 0 Å². The molecule has 0 radical (unpaired) electrons. The summed E-state index contributed by atoms with van der Waals surface area (Å²) in [6.07, 6.45) is 0. The first kappa shape index (κ1) is 37.2. The van der Waals surface area contributed by atoms with Crippen LogP contribution in [0.25, 0.3) is 111 Å². The smallest absolute Gasteiger partial charge is 0.164 e. The minimum Gasteiger partial charge on any atom is -0.309 e. The van der Waals surface area contributed by atoms with Crippen molar-refractivity contribution >= 4 is 43.6 Å². The summed E-state index contributed by atoms with van der Waals surface area (Å²) in [7, 11) is 0. The fourth-order valence-electron chi connectivity index (χ4n) is 10.6. The van der Waals surface area contributed by atoms with E-state index in [2.05, 4.69) is 199 Å². The van der Waals surface area contributed by atoms with Crippen LogP contribution in [0.4, 0.5) is 0 Å². The highest BCUT2D eigenvalue weighted by Crippen LogP contribution is 2.53. The van der Waals surface area contributed by atoms with E-state index in [-0.39, 0.29) is 5.41 Å². The summed E-state index contributed by atoms with van der Waals surface area (Å²) in [6.45, 7) is 4.76. The van der Waals surface area contributed by atoms with Gasteiger partial charge in [-0.15, -0.1) is 0 Å². The Kier molecular flexibility index (Phi) is 8.18. The van der Waals surface area contributed by atoms with Gasteiger partial charge in [0.05, 0.1) is 22.1 Å². The van der Waals surface area contributed by atoms with E-state index in [1.54, 1.807) is 0 Å². The van der Waals surface area contributed by atoms with Crippen molar-refractivity contribution in [2.75, 3.05) is 0 Å². The van der Waals surface area contributed by atoms with Crippen molar-refractivity contribution in [1.82, 2.24) is 24.1 Å². The van der Waals surface area contributed by atoms with E-state index < -0.39 is 0 Å². The van der Waals surface area contributed by atoms with E-state index in [1.807, 2.05) is 36.4 Å². The lowest BCUT2D eigenvalue weighted by molar-refractivity contribution is 0.664. The molecule has 0 saturated carbocycles. The topological polar surface area (TPSA) is 48.5 Å². The minimum atomic E-state index is -0.192. The Morgan fingerprint density at radius 3 is 1.52 bits per heavy atom. The summed E-state index contributed by atoms with van der Waals surface area (Å²) >= 11 is 0. The summed E-state index contributed by atoms with van der Waals surface area (Å²) in [5, 5.41) is 4.89. The molecule has 5 heteroatoms. The molecule has 0 spiro atoms. The van der Waals surface area contributed by atoms with Gasteiger partial charge in [-0.2, -0.15) is 0 Å². The van der Waals surface area contributed by atoms with Crippen LogP contribution in [0.2, 0.25) is 0 Å². The van der Waals surface area contributed by atoms with Crippen LogP contribution < -0.4 is 0 Å². The molecule has 0 amide bonds. The monoisotopic (exact) mass is 831 g/mol. The second kappa shape index (κ2) is 14.3. The number of benzene rings is 9. The van der Waals surface area contributed by atoms with E-state index in [0.717, 1.165) is 55.7 Å². The molecule has 65 heavy (non-hydrogen) atoms. The second-order valence-electron chi connectivity index (χ2n) is 17.6. The van der Waals surface area contributed by atoms with Gasteiger partial charge < -0.3 is 9.13 Å². The normalized spacial score (nSPS) is 12.9. The lowest BCUT2D eigenvalue weighted by atomic mass is 9.81. The molecule has 13 rings (SSSR count). The van der Waals surface area contributed by atoms with E-state index in [9.17, 15) is 0 Å². The highest BCUT2D eigenvalue weighted by atomic mass is 15.0. The number of fused-ring (bicyclic) bond motifs is 10. The van der Waals surface area contributed by atoms with Gasteiger partial charge in [0.1, 0.15) is 0 Å². The number of hydrogen-bond acceptors (Lipinski definition) is 3. The number of hydrogen-bond donors (Lipinski definition) is 0. The van der Waals surface area contributed by atoms with Crippen molar-refractivity contribution in [3.63, 3.8) is 0 Å². The molecule has 1 aliphatic rings. The average molecular weight is 832 g/mol. The predicted octanol–water partition coefficient (Wildman–Crippen LogP) is 15.0. The zero-order chi connectivity index (χ0) is 43.2. The Morgan fingerprint density at radius 2 is 0.862 bits per heavy atom. The Labute approximate surface area is 376 Å². The lowest BCUT2D eigenvalue weighted by Crippen LogP contribution is -2.16. The molecule has 306 valence electrons. The molecule has 0 fully saturated rings. The maximum atomic E-state index is 5.24. The van der Waals surface area contributed by atoms with Gasteiger partial charge >= 0.3 is 0 Å². The van der Waals surface area contributed by atoms with Gasteiger partial charge in [0.15, 0.2) is 17.5 Å². The predicted molar refractivity (Wildman–Crippen MR) is 268 cm³/mol. The summed E-state index contributed by atoms with van der Waals surface area (Å²) in [5.74, 6) is 1.87. The molecule has 0 N–H and O–H groups in total. The van der Waals surface area contributed by atoms with Gasteiger partial charge in [-0.05, 0) is 81.9 Å². The molecule has 3 heterocycles. The van der Waals surface area contributed by atoms with Crippen LogP contribution in [0.1, 0.15) is 25.0 Å². The van der Waals surface area contributed by atoms with Gasteiger partial charge in [-0.1, -0.05) is 178 Å². The second-order valence-corrected chi connectivity index (χ2v) is 17.6. The molecule has 9 aromatic carbocycles. The van der Waals surface area contributed by atoms with Crippen molar-refractivity contribution in [1.29, 1.82) is 0 Å². The largest absolute Gasteiger partial charge is 0.309 e. The van der Waals surface area contributed by atoms with Crippen LogP contribution in [0.3, 0.4) is 0 Å². The van der Waals surface area contributed by atoms with Crippen molar-refractivity contribution in [3.05, 3.63) is 223 Å². The van der Waals surface area contributed by atoms with Crippen LogP contribution in [-0.2, 0) is 5.41 Å². The zero-order valence-electron chi connectivity index (χ0n) is 35.9. The molecule has 5 nitrogen and oxygen atoms in total. The SMILES string of the molecule is CC1(C)c2ccccc2-c2ccc3c4ccc(-c5cc(-c6nc(-c7ccccc7)nc(-c7ccccc7)n6)cc(-n6c7ccccc7c7ccccc76)c5)cc4n(-c4ccccc4)c3c21. The van der Waals surface area contributed by atoms with Crippen LogP contribution >= 0.6 is 0 Å². The summed E-state index contributed by atoms with van der Waals surface area (Å²) in [4.78, 5) is 15.5. The number of rotatable bonds is 6. The molecular formula is C60H41N5. The lowest BCUT2D eigenvalue weighted by Gasteiger charge is -2.23. The highest BCUT2D eigenvalue weighted by Gasteiger charge is 2.38. The minimum absolute atomic E-state index is 0.192. The third-order valence-corrected chi connectivity index (χ3v) is 13.5. The third-order valence-electron chi connectivity index (χ3n) is 13.5. The van der Waals surface area contributed by atoms with Gasteiger partial charge in [-0.3, -0.25) is 0 Å². The number of aromatic nitrogens is 5. The maximum Gasteiger partial charge on any atom is 0.164 e. The van der Waals surface area contributed by atoms with Crippen molar-refractivity contribution in [2.24, 2.45) is 0 Å². The molecule has 0 bridgehead atoms. The van der Waals surface area contributed by atoms with Gasteiger partial charge in [0.25, 0.3) is 0 Å². The zero-order valence-corrected chi connectivity index (χ0v) is 35.9. The quantitative estimate of drug-likeness (QED) is 0.168. The Bertz CT molecular complexity index is 3730. The highest BCUT2D eigenvalue weighted by molar-refractivity contribution is 6.14. The average Bonchev–Trinajstić information content (AvgIpc) is 3.97. The Morgan fingerprint density at radius 1 is 0.338 bits per heavy atom. The van der Waals surface area contributed by atoms with Gasteiger partial charge in [0.2, 0.25) is 0 Å². The Hall–Kier alpha value is -8.41. The van der Waals surface area contributed by atoms with Crippen LogP contribution in [0, 0.1) is 0 Å². The molecule has 1 aliphatic carbocycles. The summed E-state index contributed by atoms with van der Waals surface area (Å²) < 4.78 is 4.89. The summed E-state index contributed by atoms with van der Waals surface area (Å²) in [5.41, 5.74) is 17.0. The first-order valence-corrected chi connectivity index (χ1v) is 22.3. The molecule has 12 aromatic rings. The molecule has 0 saturated heterocycles. The van der Waals surface area contributed by atoms with Crippen molar-refractivity contribution in [3.8, 4) is 67.8 Å².